The van der Waals surface area contributed by atoms with Gasteiger partial charge in [0, 0.05) is 32.8 Å². The van der Waals surface area contributed by atoms with E-state index in [4.69, 9.17) is 14.2 Å². The molecule has 0 saturated heterocycles. The van der Waals surface area contributed by atoms with Crippen LogP contribution in [-0.4, -0.2) is 27.1 Å². The maximum atomic E-state index is 5.63. The van der Waals surface area contributed by atoms with E-state index in [1.165, 1.54) is 5.56 Å². The molecule has 1 aromatic carbocycles. The Labute approximate surface area is 144 Å². The SMILES string of the molecule is CCC[n+]1ccc(/C=C/c2ccc(OCC(OC)OC)cc2)cc1. The fourth-order valence-corrected chi connectivity index (χ4v) is 2.25. The fraction of sp³-hybridized carbons (Fsp3) is 0.350. The van der Waals surface area contributed by atoms with E-state index >= 15 is 0 Å². The first-order chi connectivity index (χ1) is 11.7. The summed E-state index contributed by atoms with van der Waals surface area (Å²) in [5.74, 6) is 0.798. The molecule has 128 valence electrons. The molecule has 4 heteroatoms. The van der Waals surface area contributed by atoms with Crippen molar-refractivity contribution in [3.63, 3.8) is 0 Å². The first kappa shape index (κ1) is 18.2. The Morgan fingerprint density at radius 3 is 2.04 bits per heavy atom. The van der Waals surface area contributed by atoms with E-state index in [1.807, 2.05) is 24.3 Å². The molecule has 4 nitrogen and oxygen atoms in total. The third-order valence-corrected chi connectivity index (χ3v) is 3.66. The largest absolute Gasteiger partial charge is 0.488 e. The fourth-order valence-electron chi connectivity index (χ4n) is 2.25. The van der Waals surface area contributed by atoms with Gasteiger partial charge in [-0.15, -0.1) is 0 Å². The molecule has 0 radical (unpaired) electrons. The summed E-state index contributed by atoms with van der Waals surface area (Å²) in [7, 11) is 3.19. The number of rotatable bonds is 9. The molecule has 1 aromatic heterocycles. The number of aryl methyl sites for hydroxylation is 1. The van der Waals surface area contributed by atoms with Gasteiger partial charge in [-0.25, -0.2) is 4.57 Å². The van der Waals surface area contributed by atoms with Gasteiger partial charge in [0.2, 0.25) is 0 Å². The predicted molar refractivity (Wildman–Crippen MR) is 95.6 cm³/mol. The van der Waals surface area contributed by atoms with Crippen LogP contribution < -0.4 is 9.30 Å². The number of benzene rings is 1. The quantitative estimate of drug-likeness (QED) is 0.521. The minimum atomic E-state index is -0.349. The van der Waals surface area contributed by atoms with Gasteiger partial charge in [-0.05, 0) is 23.3 Å². The lowest BCUT2D eigenvalue weighted by Gasteiger charge is -2.14. The number of aromatic nitrogens is 1. The number of methoxy groups -OCH3 is 2. The summed E-state index contributed by atoms with van der Waals surface area (Å²) in [6, 6.07) is 12.2. The Morgan fingerprint density at radius 1 is 0.917 bits per heavy atom. The van der Waals surface area contributed by atoms with Gasteiger partial charge in [0.15, 0.2) is 18.7 Å². The Morgan fingerprint density at radius 2 is 1.50 bits per heavy atom. The molecule has 0 bridgehead atoms. The second-order valence-corrected chi connectivity index (χ2v) is 5.48. The van der Waals surface area contributed by atoms with E-state index in [1.54, 1.807) is 14.2 Å². The lowest BCUT2D eigenvalue weighted by atomic mass is 10.1. The summed E-state index contributed by atoms with van der Waals surface area (Å²) in [4.78, 5) is 0. The number of ether oxygens (including phenoxy) is 3. The van der Waals surface area contributed by atoms with Crippen molar-refractivity contribution in [3.8, 4) is 5.75 Å². The summed E-state index contributed by atoms with van der Waals surface area (Å²) < 4.78 is 18.0. The van der Waals surface area contributed by atoms with E-state index < -0.39 is 0 Å². The van der Waals surface area contributed by atoms with Crippen LogP contribution in [0, 0.1) is 0 Å². The highest BCUT2D eigenvalue weighted by atomic mass is 16.7. The zero-order valence-corrected chi connectivity index (χ0v) is 14.6. The highest BCUT2D eigenvalue weighted by Gasteiger charge is 2.05. The smallest absolute Gasteiger partial charge is 0.191 e. The maximum Gasteiger partial charge on any atom is 0.191 e. The summed E-state index contributed by atoms with van der Waals surface area (Å²) in [5, 5.41) is 0. The van der Waals surface area contributed by atoms with Crippen LogP contribution >= 0.6 is 0 Å². The number of pyridine rings is 1. The molecule has 0 saturated carbocycles. The van der Waals surface area contributed by atoms with Crippen LogP contribution in [0.1, 0.15) is 24.5 Å². The van der Waals surface area contributed by atoms with Crippen molar-refractivity contribution in [2.45, 2.75) is 26.2 Å². The van der Waals surface area contributed by atoms with Crippen molar-refractivity contribution in [2.24, 2.45) is 0 Å². The lowest BCUT2D eigenvalue weighted by molar-refractivity contribution is -0.697. The van der Waals surface area contributed by atoms with E-state index in [2.05, 4.69) is 48.2 Å². The first-order valence-corrected chi connectivity index (χ1v) is 8.20. The third kappa shape index (κ3) is 5.80. The molecule has 0 unspecified atom stereocenters. The zero-order valence-electron chi connectivity index (χ0n) is 14.6. The number of hydrogen-bond donors (Lipinski definition) is 0. The zero-order chi connectivity index (χ0) is 17.2. The van der Waals surface area contributed by atoms with Gasteiger partial charge in [0.25, 0.3) is 0 Å². The highest BCUT2D eigenvalue weighted by Crippen LogP contribution is 2.15. The minimum Gasteiger partial charge on any atom is -0.488 e. The van der Waals surface area contributed by atoms with Crippen molar-refractivity contribution in [2.75, 3.05) is 20.8 Å². The Kier molecular flexibility index (Phi) is 7.46. The lowest BCUT2D eigenvalue weighted by Crippen LogP contribution is -2.31. The molecule has 2 aromatic rings. The van der Waals surface area contributed by atoms with E-state index in [0.717, 1.165) is 24.3 Å². The average molecular weight is 328 g/mol. The monoisotopic (exact) mass is 328 g/mol. The Hall–Kier alpha value is -2.17. The van der Waals surface area contributed by atoms with Crippen LogP contribution in [-0.2, 0) is 16.0 Å². The summed E-state index contributed by atoms with van der Waals surface area (Å²) >= 11 is 0. The van der Waals surface area contributed by atoms with E-state index in [0.29, 0.717) is 6.61 Å². The standard InChI is InChI=1S/C20H26NO3/c1-4-13-21-14-11-18(12-15-21)6-5-17-7-9-19(10-8-17)24-16-20(22-2)23-3/h5-12,14-15,20H,4,13,16H2,1-3H3/q+1/b6-5+. The van der Waals surface area contributed by atoms with Crippen LogP contribution in [0.2, 0.25) is 0 Å². The molecule has 0 aliphatic rings. The first-order valence-electron chi connectivity index (χ1n) is 8.20. The second kappa shape index (κ2) is 9.85. The summed E-state index contributed by atoms with van der Waals surface area (Å²) in [5.41, 5.74) is 2.31. The molecule has 0 spiro atoms. The van der Waals surface area contributed by atoms with Gasteiger partial charge in [-0.3, -0.25) is 0 Å². The molecule has 0 N–H and O–H groups in total. The van der Waals surface area contributed by atoms with Crippen molar-refractivity contribution < 1.29 is 18.8 Å². The van der Waals surface area contributed by atoms with E-state index in [-0.39, 0.29) is 6.29 Å². The molecule has 0 amide bonds. The van der Waals surface area contributed by atoms with Crippen LogP contribution in [0.5, 0.6) is 5.75 Å². The minimum absolute atomic E-state index is 0.349. The van der Waals surface area contributed by atoms with Gasteiger partial charge in [0.05, 0.1) is 0 Å². The van der Waals surface area contributed by atoms with Crippen molar-refractivity contribution in [1.82, 2.24) is 0 Å². The Bertz CT molecular complexity index is 616. The van der Waals surface area contributed by atoms with Crippen LogP contribution in [0.4, 0.5) is 0 Å². The molecular weight excluding hydrogens is 302 g/mol. The highest BCUT2D eigenvalue weighted by molar-refractivity contribution is 5.69. The molecule has 1 heterocycles. The molecule has 0 aliphatic carbocycles. The van der Waals surface area contributed by atoms with Gasteiger partial charge in [-0.1, -0.05) is 31.2 Å². The summed E-state index contributed by atoms with van der Waals surface area (Å²) in [6.07, 6.45) is 9.22. The topological polar surface area (TPSA) is 31.6 Å². The molecule has 0 atom stereocenters. The number of nitrogens with zero attached hydrogens (tertiary/aromatic N) is 1. The molecule has 0 fully saturated rings. The maximum absolute atomic E-state index is 5.63. The molecular formula is C20H26NO3+. The van der Waals surface area contributed by atoms with Crippen LogP contribution in [0.15, 0.2) is 48.8 Å². The van der Waals surface area contributed by atoms with Crippen LogP contribution in [0.3, 0.4) is 0 Å². The third-order valence-electron chi connectivity index (χ3n) is 3.66. The summed E-state index contributed by atoms with van der Waals surface area (Å²) in [6.45, 7) is 3.60. The van der Waals surface area contributed by atoms with Crippen LogP contribution in [0.25, 0.3) is 12.2 Å². The van der Waals surface area contributed by atoms with Gasteiger partial charge in [-0.2, -0.15) is 0 Å². The molecule has 0 aliphatic heterocycles. The predicted octanol–water partition coefficient (Wildman–Crippen LogP) is 3.55. The van der Waals surface area contributed by atoms with Crippen molar-refractivity contribution in [3.05, 3.63) is 59.9 Å². The van der Waals surface area contributed by atoms with E-state index in [9.17, 15) is 0 Å². The normalized spacial score (nSPS) is 11.3. The van der Waals surface area contributed by atoms with Crippen molar-refractivity contribution >= 4 is 12.2 Å². The van der Waals surface area contributed by atoms with Crippen molar-refractivity contribution in [1.29, 1.82) is 0 Å². The van der Waals surface area contributed by atoms with Gasteiger partial charge >= 0.3 is 0 Å². The Balaban J connectivity index is 1.90. The molecule has 2 rings (SSSR count). The average Bonchev–Trinajstić information content (AvgIpc) is 2.63. The molecule has 24 heavy (non-hydrogen) atoms. The number of hydrogen-bond acceptors (Lipinski definition) is 3. The van der Waals surface area contributed by atoms with Gasteiger partial charge in [0.1, 0.15) is 18.9 Å². The van der Waals surface area contributed by atoms with Gasteiger partial charge < -0.3 is 14.2 Å². The second-order valence-electron chi connectivity index (χ2n) is 5.48.